The summed E-state index contributed by atoms with van der Waals surface area (Å²) in [6, 6.07) is 13.3. The minimum absolute atomic E-state index is 0.111. The molecule has 1 fully saturated rings. The summed E-state index contributed by atoms with van der Waals surface area (Å²) in [4.78, 5) is 0.111. The summed E-state index contributed by atoms with van der Waals surface area (Å²) in [5.74, 6) is 0. The predicted molar refractivity (Wildman–Crippen MR) is 119 cm³/mol. The van der Waals surface area contributed by atoms with Gasteiger partial charge in [0.05, 0.1) is 46.7 Å². The third-order valence-electron chi connectivity index (χ3n) is 4.21. The van der Waals surface area contributed by atoms with Crippen LogP contribution in [0.2, 0.25) is 5.02 Å². The van der Waals surface area contributed by atoms with Gasteiger partial charge in [-0.15, -0.1) is 0 Å². The third kappa shape index (κ3) is 5.53. The van der Waals surface area contributed by atoms with Crippen molar-refractivity contribution in [2.45, 2.75) is 4.90 Å². The van der Waals surface area contributed by atoms with Crippen LogP contribution in [0.25, 0.3) is 0 Å². The van der Waals surface area contributed by atoms with Crippen molar-refractivity contribution in [1.29, 1.82) is 5.26 Å². The summed E-state index contributed by atoms with van der Waals surface area (Å²) in [7, 11) is -3.66. The van der Waals surface area contributed by atoms with Crippen LogP contribution in [0.5, 0.6) is 0 Å². The second kappa shape index (κ2) is 9.97. The van der Waals surface area contributed by atoms with E-state index >= 15 is 0 Å². The lowest BCUT2D eigenvalue weighted by molar-refractivity contribution is 0.0730. The molecule has 0 bridgehead atoms. The zero-order valence-corrected chi connectivity index (χ0v) is 18.1. The SMILES string of the molecule is N#Cc1ccc(C=NNC(=S)Nc2cc(S(=O)(=O)N3CCOCC3)ccc2Cl)cc1. The Labute approximate surface area is 185 Å². The van der Waals surface area contributed by atoms with Crippen LogP contribution in [0, 0.1) is 11.3 Å². The van der Waals surface area contributed by atoms with Crippen molar-refractivity contribution in [3.8, 4) is 6.07 Å². The normalized spacial score (nSPS) is 14.9. The Bertz CT molecular complexity index is 1090. The van der Waals surface area contributed by atoms with Crippen LogP contribution in [0.15, 0.2) is 52.5 Å². The molecule has 0 saturated carbocycles. The van der Waals surface area contributed by atoms with E-state index in [0.717, 1.165) is 5.56 Å². The van der Waals surface area contributed by atoms with Gasteiger partial charge in [-0.1, -0.05) is 23.7 Å². The summed E-state index contributed by atoms with van der Waals surface area (Å²) in [6.45, 7) is 1.34. The van der Waals surface area contributed by atoms with Gasteiger partial charge in [0.25, 0.3) is 0 Å². The first kappa shape index (κ1) is 22.1. The van der Waals surface area contributed by atoms with Crippen LogP contribution in [0.1, 0.15) is 11.1 Å². The number of benzene rings is 2. The van der Waals surface area contributed by atoms with Gasteiger partial charge in [-0.2, -0.15) is 14.7 Å². The number of hydrazone groups is 1. The molecule has 0 aromatic heterocycles. The maximum Gasteiger partial charge on any atom is 0.243 e. The van der Waals surface area contributed by atoms with E-state index in [2.05, 4.69) is 15.8 Å². The van der Waals surface area contributed by atoms with Crippen molar-refractivity contribution in [2.24, 2.45) is 5.10 Å². The lowest BCUT2D eigenvalue weighted by Crippen LogP contribution is -2.40. The fraction of sp³-hybridized carbons (Fsp3) is 0.211. The van der Waals surface area contributed by atoms with Crippen LogP contribution in [-0.4, -0.2) is 50.4 Å². The van der Waals surface area contributed by atoms with Crippen molar-refractivity contribution in [1.82, 2.24) is 9.73 Å². The fourth-order valence-electron chi connectivity index (χ4n) is 2.66. The minimum atomic E-state index is -3.66. The molecule has 1 aliphatic heterocycles. The smallest absolute Gasteiger partial charge is 0.243 e. The molecule has 1 saturated heterocycles. The van der Waals surface area contributed by atoms with E-state index in [0.29, 0.717) is 42.6 Å². The Kier molecular flexibility index (Phi) is 7.36. The zero-order valence-electron chi connectivity index (χ0n) is 15.7. The van der Waals surface area contributed by atoms with Crippen molar-refractivity contribution in [3.63, 3.8) is 0 Å². The van der Waals surface area contributed by atoms with Crippen LogP contribution < -0.4 is 10.7 Å². The number of nitriles is 1. The molecule has 30 heavy (non-hydrogen) atoms. The maximum atomic E-state index is 12.8. The highest BCUT2D eigenvalue weighted by molar-refractivity contribution is 7.89. The number of sulfonamides is 1. The molecule has 0 unspecified atom stereocenters. The Morgan fingerprint density at radius 2 is 1.93 bits per heavy atom. The molecular formula is C19H18ClN5O3S2. The first-order chi connectivity index (χ1) is 14.4. The molecule has 156 valence electrons. The summed E-state index contributed by atoms with van der Waals surface area (Å²) in [5.41, 5.74) is 4.32. The molecule has 0 amide bonds. The van der Waals surface area contributed by atoms with Crippen molar-refractivity contribution >= 4 is 50.9 Å². The molecule has 2 N–H and O–H groups in total. The zero-order chi connectivity index (χ0) is 21.6. The maximum absolute atomic E-state index is 12.8. The molecule has 2 aromatic rings. The quantitative estimate of drug-likeness (QED) is 0.398. The molecule has 0 radical (unpaired) electrons. The van der Waals surface area contributed by atoms with Gasteiger partial charge in [0.1, 0.15) is 0 Å². The van der Waals surface area contributed by atoms with Gasteiger partial charge in [0, 0.05) is 13.1 Å². The molecule has 3 rings (SSSR count). The van der Waals surface area contributed by atoms with E-state index in [1.54, 1.807) is 24.3 Å². The Morgan fingerprint density at radius 1 is 1.23 bits per heavy atom. The predicted octanol–water partition coefficient (Wildman–Crippen LogP) is 2.55. The lowest BCUT2D eigenvalue weighted by Gasteiger charge is -2.26. The van der Waals surface area contributed by atoms with E-state index in [4.69, 9.17) is 33.8 Å². The number of hydrogen-bond acceptors (Lipinski definition) is 6. The molecule has 0 atom stereocenters. The van der Waals surface area contributed by atoms with Gasteiger partial charge in [-0.25, -0.2) is 8.42 Å². The Balaban J connectivity index is 1.66. The second-order valence-corrected chi connectivity index (χ2v) is 8.97. The lowest BCUT2D eigenvalue weighted by atomic mass is 10.2. The molecule has 0 spiro atoms. The van der Waals surface area contributed by atoms with Crippen molar-refractivity contribution in [3.05, 3.63) is 58.6 Å². The van der Waals surface area contributed by atoms with Gasteiger partial charge in [-0.3, -0.25) is 5.43 Å². The van der Waals surface area contributed by atoms with E-state index in [-0.39, 0.29) is 10.0 Å². The third-order valence-corrected chi connectivity index (χ3v) is 6.63. The summed E-state index contributed by atoms with van der Waals surface area (Å²) in [6.07, 6.45) is 1.54. The number of thiocarbonyl (C=S) groups is 1. The van der Waals surface area contributed by atoms with Gasteiger partial charge in [0.2, 0.25) is 10.0 Å². The summed E-state index contributed by atoms with van der Waals surface area (Å²) < 4.78 is 32.2. The number of ether oxygens (including phenoxy) is 1. The van der Waals surface area contributed by atoms with Crippen molar-refractivity contribution in [2.75, 3.05) is 31.6 Å². The fourth-order valence-corrected chi connectivity index (χ4v) is 4.42. The highest BCUT2D eigenvalue weighted by Crippen LogP contribution is 2.27. The number of anilines is 1. The Morgan fingerprint density at radius 3 is 2.60 bits per heavy atom. The van der Waals surface area contributed by atoms with E-state index in [1.807, 2.05) is 6.07 Å². The van der Waals surface area contributed by atoms with Crippen LogP contribution in [0.4, 0.5) is 5.69 Å². The number of rotatable bonds is 5. The van der Waals surface area contributed by atoms with Gasteiger partial charge in [0.15, 0.2) is 5.11 Å². The highest BCUT2D eigenvalue weighted by atomic mass is 35.5. The largest absolute Gasteiger partial charge is 0.379 e. The Hall–Kier alpha value is -2.55. The summed E-state index contributed by atoms with van der Waals surface area (Å²) in [5, 5.41) is 16.1. The first-order valence-electron chi connectivity index (χ1n) is 8.88. The van der Waals surface area contributed by atoms with E-state index < -0.39 is 10.0 Å². The first-order valence-corrected chi connectivity index (χ1v) is 11.1. The van der Waals surface area contributed by atoms with Gasteiger partial charge < -0.3 is 10.1 Å². The number of nitrogens with zero attached hydrogens (tertiary/aromatic N) is 3. The molecular weight excluding hydrogens is 446 g/mol. The van der Waals surface area contributed by atoms with Crippen LogP contribution in [0.3, 0.4) is 0 Å². The topological polar surface area (TPSA) is 107 Å². The van der Waals surface area contributed by atoms with E-state index in [9.17, 15) is 8.42 Å². The van der Waals surface area contributed by atoms with Crippen LogP contribution in [-0.2, 0) is 14.8 Å². The minimum Gasteiger partial charge on any atom is -0.379 e. The monoisotopic (exact) mass is 463 g/mol. The number of hydrogen-bond donors (Lipinski definition) is 2. The average molecular weight is 464 g/mol. The number of morpholine rings is 1. The second-order valence-electron chi connectivity index (χ2n) is 6.22. The number of nitrogens with one attached hydrogen (secondary N) is 2. The molecule has 11 heteroatoms. The standard InChI is InChI=1S/C19H18ClN5O3S2/c20-17-6-5-16(30(26,27)25-7-9-28-10-8-25)11-18(17)23-19(29)24-22-13-15-3-1-14(12-21)2-4-15/h1-6,11,13H,7-10H2,(H2,23,24,29). The van der Waals surface area contributed by atoms with Crippen LogP contribution >= 0.6 is 23.8 Å². The molecule has 1 aliphatic rings. The molecule has 8 nitrogen and oxygen atoms in total. The number of halogens is 1. The average Bonchev–Trinajstić information content (AvgIpc) is 2.76. The van der Waals surface area contributed by atoms with Gasteiger partial charge >= 0.3 is 0 Å². The highest BCUT2D eigenvalue weighted by Gasteiger charge is 2.26. The van der Waals surface area contributed by atoms with Crippen molar-refractivity contribution < 1.29 is 13.2 Å². The molecule has 0 aliphatic carbocycles. The molecule has 1 heterocycles. The van der Waals surface area contributed by atoms with Gasteiger partial charge in [-0.05, 0) is 48.1 Å². The van der Waals surface area contributed by atoms with E-state index in [1.165, 1.54) is 28.7 Å². The summed E-state index contributed by atoms with van der Waals surface area (Å²) >= 11 is 11.4. The molecule has 2 aromatic carbocycles.